The molecule has 1 aromatic carbocycles. The second kappa shape index (κ2) is 4.71. The molecule has 21 heavy (non-hydrogen) atoms. The van der Waals surface area contributed by atoms with Gasteiger partial charge in [0.05, 0.1) is 5.92 Å². The maximum absolute atomic E-state index is 4.31. The first kappa shape index (κ1) is 14.3. The van der Waals surface area contributed by atoms with Crippen LogP contribution in [0.25, 0.3) is 0 Å². The molecule has 2 aliphatic heterocycles. The Bertz CT molecular complexity index is 674. The molecule has 0 N–H and O–H groups in total. The van der Waals surface area contributed by atoms with E-state index in [1.807, 2.05) is 0 Å². The fourth-order valence-corrected chi connectivity index (χ4v) is 4.20. The number of hydrogen-bond acceptors (Lipinski definition) is 0. The maximum atomic E-state index is 4.31. The zero-order valence-corrected chi connectivity index (χ0v) is 13.3. The van der Waals surface area contributed by atoms with Crippen LogP contribution in [0.3, 0.4) is 0 Å². The summed E-state index contributed by atoms with van der Waals surface area (Å²) in [5, 5.41) is 0. The minimum atomic E-state index is 0. The smallest absolute Gasteiger partial charge is 0.190 e. The highest BCUT2D eigenvalue weighted by Crippen LogP contribution is 2.57. The molecule has 3 heterocycles. The van der Waals surface area contributed by atoms with Crippen LogP contribution in [0.2, 0.25) is 0 Å². The lowest BCUT2D eigenvalue weighted by atomic mass is 9.57. The summed E-state index contributed by atoms with van der Waals surface area (Å²) in [5.41, 5.74) is 5.91. The van der Waals surface area contributed by atoms with Crippen molar-refractivity contribution in [2.75, 3.05) is 0 Å². The number of rotatable bonds is 1. The summed E-state index contributed by atoms with van der Waals surface area (Å²) in [7, 11) is 0. The van der Waals surface area contributed by atoms with Crippen molar-refractivity contribution in [2.45, 2.75) is 32.2 Å². The number of aromatic nitrogens is 1. The largest absolute Gasteiger partial charge is 1.00 e. The summed E-state index contributed by atoms with van der Waals surface area (Å²) < 4.78 is 2.47. The lowest BCUT2D eigenvalue weighted by molar-refractivity contribution is -0.734. The van der Waals surface area contributed by atoms with Crippen molar-refractivity contribution in [3.63, 3.8) is 0 Å². The second-order valence-electron chi connectivity index (χ2n) is 6.51. The van der Waals surface area contributed by atoms with Crippen LogP contribution in [-0.4, -0.2) is 0 Å². The molecular weight excluding hydrogens is 278 g/mol. The summed E-state index contributed by atoms with van der Waals surface area (Å²) in [5.74, 6) is 0.433. The third kappa shape index (κ3) is 1.74. The minimum Gasteiger partial charge on any atom is -1.00 e. The Balaban J connectivity index is 0.00000132. The van der Waals surface area contributed by atoms with E-state index in [2.05, 4.69) is 73.7 Å². The van der Waals surface area contributed by atoms with Crippen LogP contribution in [0, 0.1) is 5.41 Å². The molecule has 5 rings (SSSR count). The van der Waals surface area contributed by atoms with E-state index < -0.39 is 0 Å². The Morgan fingerprint density at radius 2 is 1.81 bits per heavy atom. The van der Waals surface area contributed by atoms with Gasteiger partial charge in [0.25, 0.3) is 0 Å². The number of allylic oxidation sites excluding steroid dienone is 1. The van der Waals surface area contributed by atoms with Crippen molar-refractivity contribution in [3.8, 4) is 0 Å². The van der Waals surface area contributed by atoms with Crippen LogP contribution in [0.1, 0.15) is 49.0 Å². The van der Waals surface area contributed by atoms with Gasteiger partial charge >= 0.3 is 0 Å². The molecule has 3 unspecified atom stereocenters. The molecule has 2 bridgehead atoms. The van der Waals surface area contributed by atoms with Gasteiger partial charge in [-0.05, 0) is 12.5 Å². The molecule has 2 aromatic rings. The first-order chi connectivity index (χ1) is 9.63. The third-order valence-electron chi connectivity index (χ3n) is 5.45. The molecule has 1 nitrogen and oxygen atoms in total. The molecule has 0 radical (unpaired) electrons. The molecule has 0 spiro atoms. The predicted molar refractivity (Wildman–Crippen MR) is 80.6 cm³/mol. The Morgan fingerprint density at radius 1 is 1.14 bits per heavy atom. The second-order valence-corrected chi connectivity index (χ2v) is 6.51. The molecule has 0 saturated heterocycles. The lowest BCUT2D eigenvalue weighted by Crippen LogP contribution is -3.00. The Labute approximate surface area is 132 Å². The van der Waals surface area contributed by atoms with Gasteiger partial charge in [-0.25, -0.2) is 0 Å². The molecule has 2 heteroatoms. The van der Waals surface area contributed by atoms with Crippen LogP contribution < -0.4 is 17.0 Å². The zero-order valence-electron chi connectivity index (χ0n) is 12.5. The Kier molecular flexibility index (Phi) is 3.22. The van der Waals surface area contributed by atoms with Crippen LogP contribution in [0.5, 0.6) is 0 Å². The van der Waals surface area contributed by atoms with Crippen molar-refractivity contribution in [3.05, 3.63) is 77.6 Å². The monoisotopic (exact) mass is 297 g/mol. The van der Waals surface area contributed by atoms with E-state index in [-0.39, 0.29) is 17.8 Å². The maximum Gasteiger partial charge on any atom is 0.190 e. The van der Waals surface area contributed by atoms with Crippen molar-refractivity contribution in [2.24, 2.45) is 5.41 Å². The molecule has 0 fully saturated rings. The van der Waals surface area contributed by atoms with Crippen molar-refractivity contribution in [1.29, 1.82) is 0 Å². The normalized spacial score (nSPS) is 28.3. The van der Waals surface area contributed by atoms with E-state index in [1.54, 1.807) is 0 Å². The summed E-state index contributed by atoms with van der Waals surface area (Å²) >= 11 is 0. The van der Waals surface area contributed by atoms with Crippen molar-refractivity contribution in [1.82, 2.24) is 0 Å². The Morgan fingerprint density at radius 3 is 2.52 bits per heavy atom. The average molecular weight is 298 g/mol. The summed E-state index contributed by atoms with van der Waals surface area (Å²) in [4.78, 5) is 0. The number of hydrogen-bond donors (Lipinski definition) is 0. The topological polar surface area (TPSA) is 3.88 Å². The number of halogens is 1. The first-order valence-electron chi connectivity index (χ1n) is 7.38. The molecule has 3 aliphatic rings. The number of nitrogens with zero attached hydrogens (tertiary/aromatic N) is 1. The van der Waals surface area contributed by atoms with Crippen molar-refractivity contribution >= 4 is 0 Å². The van der Waals surface area contributed by atoms with E-state index in [9.17, 15) is 0 Å². The highest BCUT2D eigenvalue weighted by atomic mass is 35.5. The number of benzene rings is 1. The van der Waals surface area contributed by atoms with E-state index in [4.69, 9.17) is 0 Å². The van der Waals surface area contributed by atoms with Crippen molar-refractivity contribution < 1.29 is 17.0 Å². The van der Waals surface area contributed by atoms with Gasteiger partial charge in [0, 0.05) is 29.5 Å². The quantitative estimate of drug-likeness (QED) is 0.546. The average Bonchev–Trinajstić information content (AvgIpc) is 2.47. The summed E-state index contributed by atoms with van der Waals surface area (Å²) in [6.45, 7) is 8.89. The number of pyridine rings is 1. The molecule has 0 saturated carbocycles. The van der Waals surface area contributed by atoms with E-state index >= 15 is 0 Å². The SMILES string of the molecule is C=C(C)C1(C)CC2c3ccccc3C1c1cccc[n+]12.[Cl-]. The van der Waals surface area contributed by atoms with Crippen LogP contribution in [0.15, 0.2) is 60.8 Å². The highest BCUT2D eigenvalue weighted by molar-refractivity contribution is 5.45. The van der Waals surface area contributed by atoms with E-state index in [1.165, 1.54) is 22.4 Å². The Hall–Kier alpha value is -1.60. The number of fused-ring (bicyclic) bond motifs is 1. The summed E-state index contributed by atoms with van der Waals surface area (Å²) in [6, 6.07) is 16.0. The standard InChI is InChI=1S/C19H20N.ClH/c1-13(2)19(3)12-17-14-8-4-5-9-15(14)18(19)16-10-6-7-11-20(16)17;/h4-11,17-18H,1,12H2,2-3H3;1H/q+1;/p-1. The van der Waals surface area contributed by atoms with Gasteiger partial charge in [0.2, 0.25) is 0 Å². The van der Waals surface area contributed by atoms with Crippen LogP contribution >= 0.6 is 0 Å². The molecule has 0 amide bonds. The fraction of sp³-hybridized carbons (Fsp3) is 0.316. The highest BCUT2D eigenvalue weighted by Gasteiger charge is 2.55. The third-order valence-corrected chi connectivity index (χ3v) is 5.45. The molecule has 1 aromatic heterocycles. The van der Waals surface area contributed by atoms with Crippen LogP contribution in [-0.2, 0) is 0 Å². The molecule has 108 valence electrons. The summed E-state index contributed by atoms with van der Waals surface area (Å²) in [6.07, 6.45) is 3.40. The van der Waals surface area contributed by atoms with Gasteiger partial charge in [0.15, 0.2) is 17.9 Å². The fourth-order valence-electron chi connectivity index (χ4n) is 4.20. The molecule has 1 aliphatic carbocycles. The minimum absolute atomic E-state index is 0. The van der Waals surface area contributed by atoms with Gasteiger partial charge < -0.3 is 12.4 Å². The molecular formula is C19H20ClN. The lowest BCUT2D eigenvalue weighted by Gasteiger charge is -2.47. The zero-order chi connectivity index (χ0) is 13.9. The van der Waals surface area contributed by atoms with Gasteiger partial charge in [-0.2, -0.15) is 4.57 Å². The first-order valence-corrected chi connectivity index (χ1v) is 7.38. The predicted octanol–water partition coefficient (Wildman–Crippen LogP) is 0.999. The van der Waals surface area contributed by atoms with Crippen LogP contribution in [0.4, 0.5) is 0 Å². The van der Waals surface area contributed by atoms with Gasteiger partial charge in [-0.1, -0.05) is 49.4 Å². The van der Waals surface area contributed by atoms with Gasteiger partial charge in [0.1, 0.15) is 0 Å². The molecule has 3 atom stereocenters. The van der Waals surface area contributed by atoms with E-state index in [0.717, 1.165) is 6.42 Å². The van der Waals surface area contributed by atoms with E-state index in [0.29, 0.717) is 12.0 Å². The van der Waals surface area contributed by atoms with Gasteiger partial charge in [-0.15, -0.1) is 0 Å². The van der Waals surface area contributed by atoms with Gasteiger partial charge in [-0.3, -0.25) is 0 Å².